The first-order valence-electron chi connectivity index (χ1n) is 3.28. The second-order valence-electron chi connectivity index (χ2n) is 2.35. The van der Waals surface area contributed by atoms with Crippen LogP contribution >= 0.6 is 15.9 Å². The van der Waals surface area contributed by atoms with Crippen LogP contribution in [0.25, 0.3) is 0 Å². The third kappa shape index (κ3) is 1.73. The van der Waals surface area contributed by atoms with Gasteiger partial charge in [-0.3, -0.25) is 0 Å². The summed E-state index contributed by atoms with van der Waals surface area (Å²) in [7, 11) is 0. The number of aliphatic hydroxyl groups excluding tert-OH is 1. The summed E-state index contributed by atoms with van der Waals surface area (Å²) in [5.74, 6) is 0.120. The van der Waals surface area contributed by atoms with Crippen molar-refractivity contribution in [3.05, 3.63) is 28.2 Å². The highest BCUT2D eigenvalue weighted by Gasteiger charge is 2.09. The van der Waals surface area contributed by atoms with E-state index in [1.807, 2.05) is 0 Å². The average Bonchev–Trinajstić information content (AvgIpc) is 1.85. The number of rotatable bonds is 1. The van der Waals surface area contributed by atoms with Crippen LogP contribution in [0.2, 0.25) is 0 Å². The number of phenols is 1. The molecule has 60 valence electrons. The Morgan fingerprint density at radius 1 is 1.45 bits per heavy atom. The molecule has 0 amide bonds. The Kier molecular flexibility index (Phi) is 2.52. The van der Waals surface area contributed by atoms with Crippen LogP contribution < -0.4 is 0 Å². The van der Waals surface area contributed by atoms with Gasteiger partial charge in [0.15, 0.2) is 0 Å². The number of halogens is 1. The Labute approximate surface area is 73.6 Å². The highest BCUT2D eigenvalue weighted by atomic mass is 79.9. The molecule has 0 aliphatic rings. The van der Waals surface area contributed by atoms with Crippen LogP contribution in [0.4, 0.5) is 0 Å². The molecule has 0 saturated heterocycles. The van der Waals surface area contributed by atoms with Crippen LogP contribution in [-0.4, -0.2) is 10.2 Å². The number of benzene rings is 1. The molecule has 0 heterocycles. The molecule has 0 saturated carbocycles. The van der Waals surface area contributed by atoms with E-state index >= 15 is 0 Å². The van der Waals surface area contributed by atoms with E-state index in [1.165, 1.54) is 0 Å². The van der Waals surface area contributed by atoms with Crippen LogP contribution in [0.1, 0.15) is 18.6 Å². The Morgan fingerprint density at radius 3 is 2.45 bits per heavy atom. The van der Waals surface area contributed by atoms with Crippen molar-refractivity contribution >= 4 is 15.9 Å². The zero-order valence-corrected chi connectivity index (χ0v) is 7.67. The molecule has 1 atom stereocenters. The van der Waals surface area contributed by atoms with Gasteiger partial charge in [-0.05, 0) is 19.1 Å². The van der Waals surface area contributed by atoms with E-state index in [0.717, 1.165) is 4.47 Å². The molecule has 0 radical (unpaired) electrons. The fourth-order valence-corrected chi connectivity index (χ4v) is 1.63. The Balaban J connectivity index is 3.21. The molecule has 0 aliphatic heterocycles. The van der Waals surface area contributed by atoms with Gasteiger partial charge in [-0.15, -0.1) is 0 Å². The third-order valence-corrected chi connectivity index (χ3v) is 2.14. The largest absolute Gasteiger partial charge is 0.508 e. The number of hydrogen-bond acceptors (Lipinski definition) is 2. The van der Waals surface area contributed by atoms with E-state index in [4.69, 9.17) is 0 Å². The van der Waals surface area contributed by atoms with Gasteiger partial charge in [0.25, 0.3) is 0 Å². The SMILES string of the molecule is C[C@@H](O)c1c(O)cccc1Br. The zero-order chi connectivity index (χ0) is 8.43. The van der Waals surface area contributed by atoms with E-state index in [0.29, 0.717) is 5.56 Å². The van der Waals surface area contributed by atoms with Crippen molar-refractivity contribution in [1.82, 2.24) is 0 Å². The summed E-state index contributed by atoms with van der Waals surface area (Å²) in [6, 6.07) is 5.04. The molecule has 0 spiro atoms. The molecule has 0 unspecified atom stereocenters. The van der Waals surface area contributed by atoms with Crippen LogP contribution in [0.15, 0.2) is 22.7 Å². The molecule has 1 rings (SSSR count). The highest BCUT2D eigenvalue weighted by molar-refractivity contribution is 9.10. The van der Waals surface area contributed by atoms with E-state index in [9.17, 15) is 10.2 Å². The lowest BCUT2D eigenvalue weighted by Gasteiger charge is -2.08. The van der Waals surface area contributed by atoms with Gasteiger partial charge in [-0.1, -0.05) is 22.0 Å². The normalized spacial score (nSPS) is 13.0. The first kappa shape index (κ1) is 8.56. The van der Waals surface area contributed by atoms with Gasteiger partial charge < -0.3 is 10.2 Å². The fourth-order valence-electron chi connectivity index (χ4n) is 0.939. The monoisotopic (exact) mass is 216 g/mol. The van der Waals surface area contributed by atoms with Crippen molar-refractivity contribution in [3.8, 4) is 5.75 Å². The van der Waals surface area contributed by atoms with E-state index in [1.54, 1.807) is 25.1 Å². The predicted molar refractivity (Wildman–Crippen MR) is 46.4 cm³/mol. The third-order valence-electron chi connectivity index (χ3n) is 1.45. The highest BCUT2D eigenvalue weighted by Crippen LogP contribution is 2.30. The van der Waals surface area contributed by atoms with E-state index in [2.05, 4.69) is 15.9 Å². The lowest BCUT2D eigenvalue weighted by Crippen LogP contribution is -1.92. The molecule has 2 nitrogen and oxygen atoms in total. The lowest BCUT2D eigenvalue weighted by molar-refractivity contribution is 0.194. The minimum atomic E-state index is -0.648. The molecule has 0 bridgehead atoms. The number of hydrogen-bond donors (Lipinski definition) is 2. The zero-order valence-electron chi connectivity index (χ0n) is 6.08. The summed E-state index contributed by atoms with van der Waals surface area (Å²) in [6.45, 7) is 1.61. The lowest BCUT2D eigenvalue weighted by atomic mass is 10.1. The molecule has 0 aliphatic carbocycles. The molecule has 2 N–H and O–H groups in total. The first-order chi connectivity index (χ1) is 5.13. The van der Waals surface area contributed by atoms with Gasteiger partial charge in [0.1, 0.15) is 5.75 Å². The fraction of sp³-hybridized carbons (Fsp3) is 0.250. The Hall–Kier alpha value is -0.540. The second kappa shape index (κ2) is 3.24. The van der Waals surface area contributed by atoms with Gasteiger partial charge in [0.2, 0.25) is 0 Å². The molecule has 3 heteroatoms. The maximum absolute atomic E-state index is 9.27. The number of aliphatic hydroxyl groups is 1. The number of aromatic hydroxyl groups is 1. The van der Waals surface area contributed by atoms with Crippen molar-refractivity contribution in [2.75, 3.05) is 0 Å². The van der Waals surface area contributed by atoms with Crippen molar-refractivity contribution in [3.63, 3.8) is 0 Å². The summed E-state index contributed by atoms with van der Waals surface area (Å²) in [4.78, 5) is 0. The van der Waals surface area contributed by atoms with Crippen LogP contribution in [-0.2, 0) is 0 Å². The first-order valence-corrected chi connectivity index (χ1v) is 4.07. The Bertz CT molecular complexity index is 238. The van der Waals surface area contributed by atoms with Crippen molar-refractivity contribution in [2.24, 2.45) is 0 Å². The van der Waals surface area contributed by atoms with E-state index < -0.39 is 6.10 Å². The predicted octanol–water partition coefficient (Wildman–Crippen LogP) is 2.21. The van der Waals surface area contributed by atoms with Gasteiger partial charge in [-0.25, -0.2) is 0 Å². The van der Waals surface area contributed by atoms with Gasteiger partial charge in [-0.2, -0.15) is 0 Å². The molecule has 0 fully saturated rings. The van der Waals surface area contributed by atoms with E-state index in [-0.39, 0.29) is 5.75 Å². The maximum Gasteiger partial charge on any atom is 0.122 e. The summed E-state index contributed by atoms with van der Waals surface area (Å²) in [5, 5.41) is 18.5. The van der Waals surface area contributed by atoms with Crippen LogP contribution in [0, 0.1) is 0 Å². The second-order valence-corrected chi connectivity index (χ2v) is 3.20. The quantitative estimate of drug-likeness (QED) is 0.756. The van der Waals surface area contributed by atoms with Crippen LogP contribution in [0.5, 0.6) is 5.75 Å². The maximum atomic E-state index is 9.27. The minimum absolute atomic E-state index is 0.120. The van der Waals surface area contributed by atoms with Gasteiger partial charge in [0.05, 0.1) is 6.10 Å². The molecular formula is C8H9BrO2. The molecular weight excluding hydrogens is 208 g/mol. The number of phenolic OH excluding ortho intramolecular Hbond substituents is 1. The van der Waals surface area contributed by atoms with Crippen molar-refractivity contribution in [1.29, 1.82) is 0 Å². The van der Waals surface area contributed by atoms with Crippen molar-refractivity contribution < 1.29 is 10.2 Å². The summed E-state index contributed by atoms with van der Waals surface area (Å²) in [5.41, 5.74) is 0.535. The standard InChI is InChI=1S/C8H9BrO2/c1-5(10)8-6(9)3-2-4-7(8)11/h2-5,10-11H,1H3/t5-/m1/s1. The molecule has 11 heavy (non-hydrogen) atoms. The summed E-state index contributed by atoms with van der Waals surface area (Å²) >= 11 is 3.23. The smallest absolute Gasteiger partial charge is 0.122 e. The molecule has 1 aromatic carbocycles. The van der Waals surface area contributed by atoms with Gasteiger partial charge >= 0.3 is 0 Å². The van der Waals surface area contributed by atoms with Crippen LogP contribution in [0.3, 0.4) is 0 Å². The van der Waals surface area contributed by atoms with Gasteiger partial charge in [0, 0.05) is 10.0 Å². The average molecular weight is 217 g/mol. The minimum Gasteiger partial charge on any atom is -0.508 e. The van der Waals surface area contributed by atoms with Crippen molar-refractivity contribution in [2.45, 2.75) is 13.0 Å². The molecule has 1 aromatic rings. The Morgan fingerprint density at radius 2 is 2.09 bits per heavy atom. The summed E-state index contributed by atoms with van der Waals surface area (Å²) in [6.07, 6.45) is -0.648. The molecule has 0 aromatic heterocycles. The summed E-state index contributed by atoms with van der Waals surface area (Å²) < 4.78 is 0.729. The topological polar surface area (TPSA) is 40.5 Å².